The molecule has 0 unspecified atom stereocenters. The first-order valence-electron chi connectivity index (χ1n) is 16.1. The van der Waals surface area contributed by atoms with Gasteiger partial charge in [0.05, 0.1) is 15.8 Å². The Morgan fingerprint density at radius 1 is 0.784 bits per heavy atom. The molecule has 0 radical (unpaired) electrons. The van der Waals surface area contributed by atoms with E-state index in [-0.39, 0.29) is 5.82 Å². The molecule has 7 aromatic rings. The van der Waals surface area contributed by atoms with Crippen molar-refractivity contribution >= 4 is 67.1 Å². The summed E-state index contributed by atoms with van der Waals surface area (Å²) in [4.78, 5) is 45.1. The molecule has 0 aliphatic rings. The molecule has 51 heavy (non-hydrogen) atoms. The van der Waals surface area contributed by atoms with Crippen LogP contribution >= 0.6 is 0 Å². The summed E-state index contributed by atoms with van der Waals surface area (Å²) in [5.74, 6) is -1.07. The summed E-state index contributed by atoms with van der Waals surface area (Å²) in [5.41, 5.74) is 2.41. The van der Waals surface area contributed by atoms with Gasteiger partial charge >= 0.3 is 0 Å². The lowest BCUT2D eigenvalue weighted by Gasteiger charge is -2.20. The summed E-state index contributed by atoms with van der Waals surface area (Å²) in [6.07, 6.45) is 6.03. The fourth-order valence-corrected chi connectivity index (χ4v) is 5.98. The second-order valence-electron chi connectivity index (χ2n) is 12.6. The number of nitro groups is 1. The van der Waals surface area contributed by atoms with Crippen molar-refractivity contribution < 1.29 is 14.5 Å². The number of imide groups is 1. The molecule has 0 N–H and O–H groups in total. The summed E-state index contributed by atoms with van der Waals surface area (Å²) in [7, 11) is 0. The standard InChI is InChI=1S/C25H23N5O2.C16H11NO2/c1-6-19(31)29(20(32)7-2)23-21-22(18-13-12-16-10-8-9-11-17(16)14-18)28-30(25(3,4)5)24(21)27-15-26-23;18-17(19)10-9-16-14-7-3-1-5-12(14)11-13-6-2-4-8-15(13)16/h6-15H,1-2H2,3-5H3;1-11H/b;10-9+. The number of carbonyl (C=O) groups is 2. The summed E-state index contributed by atoms with van der Waals surface area (Å²) in [5, 5.41) is 22.3. The van der Waals surface area contributed by atoms with Crippen molar-refractivity contribution in [2.45, 2.75) is 26.3 Å². The van der Waals surface area contributed by atoms with Crippen molar-refractivity contribution in [3.05, 3.63) is 151 Å². The minimum absolute atomic E-state index is 0.142. The van der Waals surface area contributed by atoms with E-state index in [0.717, 1.165) is 66.7 Å². The number of hydrogen-bond donors (Lipinski definition) is 0. The largest absolute Gasteiger partial charge is 0.269 e. The zero-order valence-corrected chi connectivity index (χ0v) is 28.4. The zero-order valence-electron chi connectivity index (χ0n) is 28.4. The topological polar surface area (TPSA) is 124 Å². The number of rotatable bonds is 6. The van der Waals surface area contributed by atoms with E-state index in [1.807, 2.05) is 112 Å². The average molecular weight is 675 g/mol. The monoisotopic (exact) mass is 674 g/mol. The van der Waals surface area contributed by atoms with E-state index in [0.29, 0.717) is 16.7 Å². The second kappa shape index (κ2) is 14.0. The SMILES string of the molecule is C=CC(=O)N(C(=O)C=C)c1ncnc2c1c(-c1ccc3ccccc3c1)nn2C(C)(C)C.O=[N+]([O-])/C=C/c1c2ccccc2cc2ccccc12. The van der Waals surface area contributed by atoms with Crippen LogP contribution in [-0.4, -0.2) is 36.5 Å². The first kappa shape index (κ1) is 34.1. The van der Waals surface area contributed by atoms with Crippen molar-refractivity contribution in [3.63, 3.8) is 0 Å². The molecule has 0 aliphatic heterocycles. The normalized spacial score (nSPS) is 11.4. The quantitative estimate of drug-likeness (QED) is 0.0747. The number of aromatic nitrogens is 4. The van der Waals surface area contributed by atoms with Crippen LogP contribution in [0.2, 0.25) is 0 Å². The highest BCUT2D eigenvalue weighted by atomic mass is 16.6. The Kier molecular flexibility index (Phi) is 9.33. The molecule has 0 spiro atoms. The van der Waals surface area contributed by atoms with Crippen LogP contribution in [0.1, 0.15) is 26.3 Å². The summed E-state index contributed by atoms with van der Waals surface area (Å²) in [6, 6.07) is 32.0. The number of amides is 2. The molecule has 252 valence electrons. The smallest absolute Gasteiger partial charge is 0.258 e. The van der Waals surface area contributed by atoms with Gasteiger partial charge in [-0.2, -0.15) is 5.10 Å². The van der Waals surface area contributed by atoms with E-state index in [2.05, 4.69) is 29.2 Å². The third-order valence-electron chi connectivity index (χ3n) is 8.28. The number of anilines is 1. The van der Waals surface area contributed by atoms with Gasteiger partial charge < -0.3 is 0 Å². The van der Waals surface area contributed by atoms with Crippen LogP contribution < -0.4 is 4.90 Å². The van der Waals surface area contributed by atoms with E-state index in [4.69, 9.17) is 5.10 Å². The summed E-state index contributed by atoms with van der Waals surface area (Å²) in [6.45, 7) is 13.1. The number of carbonyl (C=O) groups excluding carboxylic acids is 2. The third kappa shape index (κ3) is 6.75. The van der Waals surface area contributed by atoms with E-state index in [9.17, 15) is 19.7 Å². The molecule has 0 bridgehead atoms. The molecule has 10 nitrogen and oxygen atoms in total. The molecule has 0 saturated heterocycles. The first-order valence-corrected chi connectivity index (χ1v) is 16.1. The third-order valence-corrected chi connectivity index (χ3v) is 8.28. The summed E-state index contributed by atoms with van der Waals surface area (Å²) < 4.78 is 1.78. The lowest BCUT2D eigenvalue weighted by atomic mass is 9.97. The van der Waals surface area contributed by atoms with Gasteiger partial charge in [0, 0.05) is 11.6 Å². The van der Waals surface area contributed by atoms with Crippen LogP contribution in [0.25, 0.3) is 60.7 Å². The van der Waals surface area contributed by atoms with Crippen LogP contribution in [0.3, 0.4) is 0 Å². The molecular formula is C41H34N6O4. The fourth-order valence-electron chi connectivity index (χ4n) is 5.98. The van der Waals surface area contributed by atoms with Gasteiger partial charge in [0.25, 0.3) is 11.8 Å². The highest BCUT2D eigenvalue weighted by Crippen LogP contribution is 2.37. The Bertz CT molecular complexity index is 2470. The Hall–Kier alpha value is -6.81. The molecule has 2 heterocycles. The molecule has 2 aromatic heterocycles. The van der Waals surface area contributed by atoms with Crippen LogP contribution in [0, 0.1) is 10.1 Å². The number of fused-ring (bicyclic) bond motifs is 4. The van der Waals surface area contributed by atoms with Gasteiger partial charge in [0.2, 0.25) is 6.20 Å². The van der Waals surface area contributed by atoms with Crippen LogP contribution in [-0.2, 0) is 15.1 Å². The van der Waals surface area contributed by atoms with Gasteiger partial charge in [-0.05, 0) is 82.9 Å². The van der Waals surface area contributed by atoms with E-state index in [1.165, 1.54) is 6.33 Å². The molecule has 7 rings (SSSR count). The molecular weight excluding hydrogens is 640 g/mol. The molecule has 0 atom stereocenters. The van der Waals surface area contributed by atoms with Crippen LogP contribution in [0.4, 0.5) is 5.82 Å². The number of nitrogens with zero attached hydrogens (tertiary/aromatic N) is 6. The van der Waals surface area contributed by atoms with Gasteiger partial charge in [-0.3, -0.25) is 19.7 Å². The second-order valence-corrected chi connectivity index (χ2v) is 12.6. The Balaban J connectivity index is 0.000000200. The lowest BCUT2D eigenvalue weighted by molar-refractivity contribution is -0.400. The summed E-state index contributed by atoms with van der Waals surface area (Å²) >= 11 is 0. The van der Waals surface area contributed by atoms with Gasteiger partial charge in [0.15, 0.2) is 11.5 Å². The predicted octanol–water partition coefficient (Wildman–Crippen LogP) is 8.87. The van der Waals surface area contributed by atoms with Gasteiger partial charge in [-0.25, -0.2) is 19.5 Å². The highest BCUT2D eigenvalue weighted by molar-refractivity contribution is 6.24. The maximum atomic E-state index is 12.6. The van der Waals surface area contributed by atoms with Gasteiger partial charge in [-0.1, -0.05) is 98.1 Å². The predicted molar refractivity (Wildman–Crippen MR) is 204 cm³/mol. The molecule has 0 saturated carbocycles. The fraction of sp³-hybridized carbons (Fsp3) is 0.0976. The van der Waals surface area contributed by atoms with E-state index >= 15 is 0 Å². The lowest BCUT2D eigenvalue weighted by Crippen LogP contribution is -2.35. The Labute approximate surface area is 293 Å². The molecule has 2 amide bonds. The van der Waals surface area contributed by atoms with Gasteiger partial charge in [-0.15, -0.1) is 0 Å². The van der Waals surface area contributed by atoms with Crippen LogP contribution in [0.15, 0.2) is 135 Å². The maximum absolute atomic E-state index is 12.6. The number of benzene rings is 5. The van der Waals surface area contributed by atoms with Crippen molar-refractivity contribution in [1.29, 1.82) is 0 Å². The number of hydrogen-bond acceptors (Lipinski definition) is 7. The molecule has 0 aliphatic carbocycles. The highest BCUT2D eigenvalue weighted by Gasteiger charge is 2.30. The Morgan fingerprint density at radius 3 is 1.92 bits per heavy atom. The van der Waals surface area contributed by atoms with Gasteiger partial charge in [0.1, 0.15) is 12.0 Å². The van der Waals surface area contributed by atoms with Crippen molar-refractivity contribution in [1.82, 2.24) is 19.7 Å². The maximum Gasteiger partial charge on any atom is 0.258 e. The van der Waals surface area contributed by atoms with Crippen molar-refractivity contribution in [3.8, 4) is 11.3 Å². The van der Waals surface area contributed by atoms with E-state index in [1.54, 1.807) is 10.8 Å². The molecule has 0 fully saturated rings. The minimum Gasteiger partial charge on any atom is -0.269 e. The average Bonchev–Trinajstić information content (AvgIpc) is 3.55. The van der Waals surface area contributed by atoms with E-state index < -0.39 is 22.3 Å². The minimum atomic E-state index is -0.608. The Morgan fingerprint density at radius 2 is 1.35 bits per heavy atom. The van der Waals surface area contributed by atoms with Crippen LogP contribution in [0.5, 0.6) is 0 Å². The zero-order chi connectivity index (χ0) is 36.3. The van der Waals surface area contributed by atoms with Crippen molar-refractivity contribution in [2.75, 3.05) is 4.90 Å². The molecule has 5 aromatic carbocycles. The molecule has 10 heteroatoms. The first-order chi connectivity index (χ1) is 24.5. The van der Waals surface area contributed by atoms with Crippen molar-refractivity contribution in [2.24, 2.45) is 0 Å².